The maximum absolute atomic E-state index is 10.4. The number of hydrogen-bond donors (Lipinski definition) is 0. The molecule has 0 radical (unpaired) electrons. The van der Waals surface area contributed by atoms with Crippen molar-refractivity contribution in [2.75, 3.05) is 0 Å². The minimum absolute atomic E-state index is 0.334. The lowest BCUT2D eigenvalue weighted by Crippen LogP contribution is -2.19. The Morgan fingerprint density at radius 3 is 2.53 bits per heavy atom. The third kappa shape index (κ3) is 2.99. The highest BCUT2D eigenvalue weighted by Gasteiger charge is 2.29. The summed E-state index contributed by atoms with van der Waals surface area (Å²) >= 11 is 0. The molecule has 1 unspecified atom stereocenters. The lowest BCUT2D eigenvalue weighted by molar-refractivity contribution is 0.527. The second kappa shape index (κ2) is 5.41. The molecule has 0 saturated heterocycles. The van der Waals surface area contributed by atoms with Crippen LogP contribution in [0.2, 0.25) is 0 Å². The van der Waals surface area contributed by atoms with Crippen molar-refractivity contribution in [3.63, 3.8) is 0 Å². The number of unbranched alkanes of at least 4 members (excludes halogenated alkanes) is 1. The molecule has 0 amide bonds. The first kappa shape index (κ1) is 11.6. The molecule has 1 rings (SSSR count). The molecule has 0 aliphatic rings. The van der Waals surface area contributed by atoms with Crippen LogP contribution in [-0.4, -0.2) is 0 Å². The topological polar surface area (TPSA) is 27.4 Å². The van der Waals surface area contributed by atoms with Crippen molar-refractivity contribution >= 4 is 0 Å². The highest BCUT2D eigenvalue weighted by Crippen LogP contribution is 2.28. The second-order valence-corrected chi connectivity index (χ2v) is 4.00. The SMILES string of the molecule is CCCCC(C)(C#[N+][O-])c1ccccc1. The number of benzene rings is 1. The van der Waals surface area contributed by atoms with E-state index in [-0.39, 0.29) is 5.41 Å². The molecule has 0 fully saturated rings. The van der Waals surface area contributed by atoms with Crippen LogP contribution in [0.4, 0.5) is 0 Å². The van der Waals surface area contributed by atoms with Gasteiger partial charge in [-0.15, -0.1) is 0 Å². The standard InChI is InChI=1S/C13H17NO/c1-3-4-10-13(2,11-14-15)12-8-6-5-7-9-12/h5-9H,3-4,10H2,1-2H3. The van der Waals surface area contributed by atoms with Gasteiger partial charge < -0.3 is 5.21 Å². The Morgan fingerprint density at radius 1 is 1.33 bits per heavy atom. The monoisotopic (exact) mass is 203 g/mol. The number of hydrogen-bond acceptors (Lipinski definition) is 1. The third-order valence-electron chi connectivity index (χ3n) is 2.73. The van der Waals surface area contributed by atoms with E-state index in [0.29, 0.717) is 0 Å². The molecule has 0 saturated carbocycles. The summed E-state index contributed by atoms with van der Waals surface area (Å²) in [5.41, 5.74) is 0.775. The molecule has 1 atom stereocenters. The van der Waals surface area contributed by atoms with Crippen LogP contribution >= 0.6 is 0 Å². The van der Waals surface area contributed by atoms with Gasteiger partial charge in [0.25, 0.3) is 0 Å². The molecule has 0 aromatic heterocycles. The van der Waals surface area contributed by atoms with Gasteiger partial charge in [-0.25, -0.2) is 0 Å². The summed E-state index contributed by atoms with van der Waals surface area (Å²) in [7, 11) is 0. The number of rotatable bonds is 4. The molecule has 0 aliphatic heterocycles. The smallest absolute Gasteiger partial charge is 0.309 e. The van der Waals surface area contributed by atoms with Crippen molar-refractivity contribution < 1.29 is 0 Å². The average Bonchev–Trinajstić information content (AvgIpc) is 2.28. The second-order valence-electron chi connectivity index (χ2n) is 4.00. The van der Waals surface area contributed by atoms with E-state index in [4.69, 9.17) is 0 Å². The van der Waals surface area contributed by atoms with Crippen LogP contribution in [0.3, 0.4) is 0 Å². The molecule has 0 aliphatic carbocycles. The highest BCUT2D eigenvalue weighted by molar-refractivity contribution is 5.32. The van der Waals surface area contributed by atoms with E-state index in [2.05, 4.69) is 18.0 Å². The third-order valence-corrected chi connectivity index (χ3v) is 2.73. The average molecular weight is 203 g/mol. The summed E-state index contributed by atoms with van der Waals surface area (Å²) in [5.74, 6) is 0. The molecule has 0 bridgehead atoms. The fraction of sp³-hybridized carbons (Fsp3) is 0.462. The summed E-state index contributed by atoms with van der Waals surface area (Å²) in [5, 5.41) is 13.2. The van der Waals surface area contributed by atoms with Gasteiger partial charge in [-0.1, -0.05) is 50.1 Å². The van der Waals surface area contributed by atoms with E-state index >= 15 is 0 Å². The van der Waals surface area contributed by atoms with Gasteiger partial charge in [0.15, 0.2) is 0 Å². The van der Waals surface area contributed by atoms with E-state index in [1.165, 1.54) is 0 Å². The van der Waals surface area contributed by atoms with Crippen molar-refractivity contribution in [2.24, 2.45) is 0 Å². The Hall–Kier alpha value is -1.49. The maximum atomic E-state index is 10.4. The van der Waals surface area contributed by atoms with E-state index in [9.17, 15) is 5.21 Å². The zero-order valence-electron chi connectivity index (χ0n) is 9.36. The first-order chi connectivity index (χ1) is 7.23. The van der Waals surface area contributed by atoms with Crippen molar-refractivity contribution in [1.82, 2.24) is 0 Å². The fourth-order valence-corrected chi connectivity index (χ4v) is 1.70. The Balaban J connectivity index is 2.94. The van der Waals surface area contributed by atoms with Crippen LogP contribution in [0, 0.1) is 11.3 Å². The molecular formula is C13H17NO. The summed E-state index contributed by atoms with van der Waals surface area (Å²) in [4.78, 5) is 0. The lowest BCUT2D eigenvalue weighted by Gasteiger charge is -2.18. The van der Waals surface area contributed by atoms with Crippen molar-refractivity contribution in [3.8, 4) is 6.07 Å². The van der Waals surface area contributed by atoms with E-state index < -0.39 is 0 Å². The van der Waals surface area contributed by atoms with E-state index in [1.54, 1.807) is 0 Å². The zero-order chi connectivity index (χ0) is 11.1. The molecule has 80 valence electrons. The minimum Gasteiger partial charge on any atom is -0.498 e. The first-order valence-corrected chi connectivity index (χ1v) is 5.38. The van der Waals surface area contributed by atoms with Gasteiger partial charge in [0.1, 0.15) is 5.41 Å². The summed E-state index contributed by atoms with van der Waals surface area (Å²) < 4.78 is 0. The zero-order valence-corrected chi connectivity index (χ0v) is 9.36. The van der Waals surface area contributed by atoms with Gasteiger partial charge in [-0.05, 0) is 18.9 Å². The quantitative estimate of drug-likeness (QED) is 0.680. The minimum atomic E-state index is -0.334. The van der Waals surface area contributed by atoms with Gasteiger partial charge in [0, 0.05) is 5.01 Å². The van der Waals surface area contributed by atoms with Gasteiger partial charge in [-0.2, -0.15) is 0 Å². The summed E-state index contributed by atoms with van der Waals surface area (Å²) in [6, 6.07) is 12.6. The lowest BCUT2D eigenvalue weighted by atomic mass is 9.80. The highest BCUT2D eigenvalue weighted by atomic mass is 16.4. The van der Waals surface area contributed by atoms with E-state index in [1.807, 2.05) is 37.3 Å². The predicted octanol–water partition coefficient (Wildman–Crippen LogP) is 3.97. The molecule has 1 aromatic rings. The van der Waals surface area contributed by atoms with Gasteiger partial charge in [0.2, 0.25) is 0 Å². The van der Waals surface area contributed by atoms with Crippen LogP contribution in [0.1, 0.15) is 38.7 Å². The van der Waals surface area contributed by atoms with E-state index in [0.717, 1.165) is 24.8 Å². The van der Waals surface area contributed by atoms with Crippen LogP contribution in [0.15, 0.2) is 30.3 Å². The maximum Gasteiger partial charge on any atom is 0.309 e. The molecule has 15 heavy (non-hydrogen) atoms. The molecule has 2 heteroatoms. The van der Waals surface area contributed by atoms with Crippen LogP contribution < -0.4 is 0 Å². The van der Waals surface area contributed by atoms with Crippen LogP contribution in [-0.2, 0) is 5.41 Å². The van der Waals surface area contributed by atoms with Crippen molar-refractivity contribution in [3.05, 3.63) is 46.1 Å². The summed E-state index contributed by atoms with van der Waals surface area (Å²) in [6.45, 7) is 4.15. The molecule has 0 heterocycles. The molecule has 0 spiro atoms. The van der Waals surface area contributed by atoms with Crippen molar-refractivity contribution in [1.29, 1.82) is 0 Å². The fourth-order valence-electron chi connectivity index (χ4n) is 1.70. The van der Waals surface area contributed by atoms with Crippen LogP contribution in [0.5, 0.6) is 0 Å². The van der Waals surface area contributed by atoms with Gasteiger partial charge in [0.05, 0.1) is 0 Å². The Morgan fingerprint density at radius 2 is 2.00 bits per heavy atom. The summed E-state index contributed by atoms with van der Waals surface area (Å²) in [6.07, 6.45) is 3.11. The van der Waals surface area contributed by atoms with Crippen LogP contribution in [0.25, 0.3) is 5.01 Å². The Bertz CT molecular complexity index is 350. The normalized spacial score (nSPS) is 13.7. The first-order valence-electron chi connectivity index (χ1n) is 5.38. The molecule has 2 nitrogen and oxygen atoms in total. The predicted molar refractivity (Wildman–Crippen MR) is 63.9 cm³/mol. The Labute approximate surface area is 91.3 Å². The molecule has 0 N–H and O–H groups in total. The molecular weight excluding hydrogens is 186 g/mol. The van der Waals surface area contributed by atoms with Crippen molar-refractivity contribution in [2.45, 2.75) is 38.5 Å². The number of nitrogens with zero attached hydrogens (tertiary/aromatic N) is 1. The largest absolute Gasteiger partial charge is 0.498 e. The Kier molecular flexibility index (Phi) is 4.17. The van der Waals surface area contributed by atoms with Gasteiger partial charge in [-0.3, -0.25) is 0 Å². The van der Waals surface area contributed by atoms with Gasteiger partial charge >= 0.3 is 6.07 Å². The molecule has 1 aromatic carbocycles.